The van der Waals surface area contributed by atoms with Crippen LogP contribution >= 0.6 is 0 Å². The molecule has 0 aromatic carbocycles. The molecule has 1 saturated carbocycles. The lowest BCUT2D eigenvalue weighted by molar-refractivity contribution is 0.313. The van der Waals surface area contributed by atoms with E-state index in [0.717, 1.165) is 24.8 Å². The van der Waals surface area contributed by atoms with E-state index in [9.17, 15) is 0 Å². The third-order valence-electron chi connectivity index (χ3n) is 3.57. The molecule has 0 unspecified atom stereocenters. The van der Waals surface area contributed by atoms with Crippen molar-refractivity contribution in [2.75, 3.05) is 13.1 Å². The molecular formula is C11H17N3O. The lowest BCUT2D eigenvalue weighted by Crippen LogP contribution is -2.28. The van der Waals surface area contributed by atoms with Crippen LogP contribution < -0.4 is 5.32 Å². The molecule has 1 saturated heterocycles. The summed E-state index contributed by atoms with van der Waals surface area (Å²) in [6.07, 6.45) is 6.19. The molecule has 1 aromatic rings. The van der Waals surface area contributed by atoms with Crippen LogP contribution in [0.25, 0.3) is 0 Å². The molecule has 2 aliphatic rings. The van der Waals surface area contributed by atoms with Gasteiger partial charge in [-0.25, -0.2) is 0 Å². The number of hydrogen-bond acceptors (Lipinski definition) is 4. The molecule has 0 spiro atoms. The summed E-state index contributed by atoms with van der Waals surface area (Å²) in [6.45, 7) is 2.12. The van der Waals surface area contributed by atoms with Crippen molar-refractivity contribution >= 4 is 0 Å². The zero-order valence-electron chi connectivity index (χ0n) is 8.91. The maximum Gasteiger partial charge on any atom is 0.231 e. The highest BCUT2D eigenvalue weighted by atomic mass is 16.5. The van der Waals surface area contributed by atoms with Gasteiger partial charge in [0.15, 0.2) is 5.82 Å². The minimum atomic E-state index is 0.445. The highest BCUT2D eigenvalue weighted by Gasteiger charge is 2.27. The van der Waals surface area contributed by atoms with Crippen molar-refractivity contribution in [3.63, 3.8) is 0 Å². The first-order valence-electron chi connectivity index (χ1n) is 5.97. The Hall–Kier alpha value is -0.900. The second kappa shape index (κ2) is 3.93. The fourth-order valence-corrected chi connectivity index (χ4v) is 2.31. The minimum absolute atomic E-state index is 0.445. The first-order valence-corrected chi connectivity index (χ1v) is 5.97. The number of hydrogen-bond donors (Lipinski definition) is 1. The Bertz CT molecular complexity index is 326. The van der Waals surface area contributed by atoms with Gasteiger partial charge in [-0.2, -0.15) is 4.98 Å². The molecular weight excluding hydrogens is 190 g/mol. The fraction of sp³-hybridized carbons (Fsp3) is 0.818. The largest absolute Gasteiger partial charge is 0.339 e. The van der Waals surface area contributed by atoms with Gasteiger partial charge in [-0.05, 0) is 32.2 Å². The summed E-state index contributed by atoms with van der Waals surface area (Å²) in [4.78, 5) is 4.54. The van der Waals surface area contributed by atoms with E-state index in [2.05, 4.69) is 15.5 Å². The third-order valence-corrected chi connectivity index (χ3v) is 3.57. The number of nitrogens with one attached hydrogen (secondary N) is 1. The molecule has 4 heteroatoms. The zero-order chi connectivity index (χ0) is 10.1. The molecule has 1 atom stereocenters. The topological polar surface area (TPSA) is 51.0 Å². The maximum absolute atomic E-state index is 5.36. The molecule has 1 N–H and O–H groups in total. The van der Waals surface area contributed by atoms with Crippen LogP contribution in [0.15, 0.2) is 4.52 Å². The number of nitrogens with zero attached hydrogens (tertiary/aromatic N) is 2. The molecule has 1 aromatic heterocycles. The molecule has 15 heavy (non-hydrogen) atoms. The molecule has 3 rings (SSSR count). The predicted molar refractivity (Wildman–Crippen MR) is 55.7 cm³/mol. The fourth-order valence-electron chi connectivity index (χ4n) is 2.31. The van der Waals surface area contributed by atoms with Crippen LogP contribution in [0.4, 0.5) is 0 Å². The summed E-state index contributed by atoms with van der Waals surface area (Å²) < 4.78 is 5.36. The summed E-state index contributed by atoms with van der Waals surface area (Å²) in [7, 11) is 0. The van der Waals surface area contributed by atoms with Gasteiger partial charge in [-0.15, -0.1) is 0 Å². The summed E-state index contributed by atoms with van der Waals surface area (Å²) in [5, 5.41) is 7.47. The molecule has 1 aliphatic heterocycles. The van der Waals surface area contributed by atoms with Gasteiger partial charge < -0.3 is 9.84 Å². The average molecular weight is 207 g/mol. The lowest BCUT2D eigenvalue weighted by Gasteiger charge is -2.21. The van der Waals surface area contributed by atoms with Gasteiger partial charge in [0, 0.05) is 12.5 Å². The van der Waals surface area contributed by atoms with Gasteiger partial charge in [0.25, 0.3) is 0 Å². The van der Waals surface area contributed by atoms with Crippen LogP contribution in [0, 0.1) is 0 Å². The second-order valence-electron chi connectivity index (χ2n) is 4.66. The quantitative estimate of drug-likeness (QED) is 0.803. The highest BCUT2D eigenvalue weighted by Crippen LogP contribution is 2.35. The van der Waals surface area contributed by atoms with Gasteiger partial charge in [-0.1, -0.05) is 11.6 Å². The Morgan fingerprint density at radius 2 is 2.00 bits per heavy atom. The van der Waals surface area contributed by atoms with E-state index >= 15 is 0 Å². The monoisotopic (exact) mass is 207 g/mol. The Morgan fingerprint density at radius 1 is 1.13 bits per heavy atom. The van der Waals surface area contributed by atoms with Gasteiger partial charge in [0.1, 0.15) is 0 Å². The molecule has 82 valence electrons. The summed E-state index contributed by atoms with van der Waals surface area (Å²) in [6, 6.07) is 0. The normalized spacial score (nSPS) is 27.6. The van der Waals surface area contributed by atoms with Gasteiger partial charge >= 0.3 is 0 Å². The van der Waals surface area contributed by atoms with Crippen LogP contribution in [0.5, 0.6) is 0 Å². The molecule has 0 radical (unpaired) electrons. The Morgan fingerprint density at radius 3 is 2.67 bits per heavy atom. The summed E-state index contributed by atoms with van der Waals surface area (Å²) in [5.74, 6) is 2.82. The highest BCUT2D eigenvalue weighted by molar-refractivity contribution is 5.03. The molecule has 1 aliphatic carbocycles. The Kier molecular flexibility index (Phi) is 2.44. The van der Waals surface area contributed by atoms with Gasteiger partial charge in [0.2, 0.25) is 5.89 Å². The smallest absolute Gasteiger partial charge is 0.231 e. The first-order chi connectivity index (χ1) is 7.43. The molecule has 4 nitrogen and oxygen atoms in total. The van der Waals surface area contributed by atoms with Crippen molar-refractivity contribution in [1.29, 1.82) is 0 Å². The zero-order valence-corrected chi connectivity index (χ0v) is 8.91. The molecule has 0 bridgehead atoms. The molecule has 2 fully saturated rings. The van der Waals surface area contributed by atoms with Crippen molar-refractivity contribution in [2.45, 2.75) is 43.9 Å². The number of aromatic nitrogens is 2. The third kappa shape index (κ3) is 1.78. The Balaban J connectivity index is 1.71. The standard InChI is InChI=1S/C11H17N3O/c1-3-8(4-1)10-13-11(15-14-10)9-5-2-6-12-7-9/h8-9,12H,1-7H2/t9-/m0/s1. The van der Waals surface area contributed by atoms with Gasteiger partial charge in [0.05, 0.1) is 5.92 Å². The van der Waals surface area contributed by atoms with Crippen LogP contribution in [-0.4, -0.2) is 23.2 Å². The second-order valence-corrected chi connectivity index (χ2v) is 4.66. The van der Waals surface area contributed by atoms with Crippen LogP contribution in [-0.2, 0) is 0 Å². The Labute approximate surface area is 89.4 Å². The van der Waals surface area contributed by atoms with Crippen molar-refractivity contribution in [3.8, 4) is 0 Å². The van der Waals surface area contributed by atoms with E-state index in [1.165, 1.54) is 32.1 Å². The van der Waals surface area contributed by atoms with Gasteiger partial charge in [-0.3, -0.25) is 0 Å². The SMILES string of the molecule is C1CC(c2noc([C@H]3CCCNC3)n2)C1. The van der Waals surface area contributed by atoms with Crippen molar-refractivity contribution in [1.82, 2.24) is 15.5 Å². The van der Waals surface area contributed by atoms with Crippen LogP contribution in [0.3, 0.4) is 0 Å². The number of piperidine rings is 1. The number of rotatable bonds is 2. The minimum Gasteiger partial charge on any atom is -0.339 e. The molecule has 2 heterocycles. The van der Waals surface area contributed by atoms with Crippen molar-refractivity contribution in [2.24, 2.45) is 0 Å². The molecule has 0 amide bonds. The van der Waals surface area contributed by atoms with Crippen LogP contribution in [0.1, 0.15) is 55.7 Å². The summed E-state index contributed by atoms with van der Waals surface area (Å²) in [5.41, 5.74) is 0. The lowest BCUT2D eigenvalue weighted by atomic mass is 9.85. The first kappa shape index (κ1) is 9.33. The van der Waals surface area contributed by atoms with E-state index in [-0.39, 0.29) is 0 Å². The predicted octanol–water partition coefficient (Wildman–Crippen LogP) is 1.80. The maximum atomic E-state index is 5.36. The van der Waals surface area contributed by atoms with Crippen molar-refractivity contribution in [3.05, 3.63) is 11.7 Å². The van der Waals surface area contributed by atoms with E-state index in [0.29, 0.717) is 11.8 Å². The van der Waals surface area contributed by atoms with E-state index < -0.39 is 0 Å². The average Bonchev–Trinajstić information content (AvgIpc) is 2.66. The summed E-state index contributed by atoms with van der Waals surface area (Å²) >= 11 is 0. The van der Waals surface area contributed by atoms with Crippen LogP contribution in [0.2, 0.25) is 0 Å². The van der Waals surface area contributed by atoms with E-state index in [4.69, 9.17) is 4.52 Å². The van der Waals surface area contributed by atoms with E-state index in [1.54, 1.807) is 0 Å². The van der Waals surface area contributed by atoms with E-state index in [1.807, 2.05) is 0 Å². The van der Waals surface area contributed by atoms with Crippen molar-refractivity contribution < 1.29 is 4.52 Å².